The molecule has 0 unspecified atom stereocenters. The first-order chi connectivity index (χ1) is 10.1. The third kappa shape index (κ3) is 3.03. The van der Waals surface area contributed by atoms with Crippen LogP contribution < -0.4 is 17.7 Å². The average Bonchev–Trinajstić information content (AvgIpc) is 2.45. The van der Waals surface area contributed by atoms with Crippen LogP contribution in [0.3, 0.4) is 0 Å². The fourth-order valence-electron chi connectivity index (χ4n) is 2.51. The van der Waals surface area contributed by atoms with Crippen molar-refractivity contribution in [1.82, 2.24) is 4.98 Å². The number of aromatic nitrogens is 1. The van der Waals surface area contributed by atoms with Gasteiger partial charge in [-0.3, -0.25) is 4.98 Å². The van der Waals surface area contributed by atoms with Crippen molar-refractivity contribution in [3.05, 3.63) is 64.3 Å². The number of aryl methyl sites for hydroxylation is 2. The van der Waals surface area contributed by atoms with Crippen LogP contribution >= 0.6 is 11.6 Å². The molecule has 1 N–H and O–H groups in total. The van der Waals surface area contributed by atoms with Gasteiger partial charge in [-0.1, -0.05) is 35.9 Å². The summed E-state index contributed by atoms with van der Waals surface area (Å²) in [5, 5.41) is 5.39. The molecule has 0 aliphatic heterocycles. The summed E-state index contributed by atoms with van der Waals surface area (Å²) in [5.41, 5.74) is 6.36. The van der Waals surface area contributed by atoms with Crippen molar-refractivity contribution in [2.24, 2.45) is 0 Å². The van der Waals surface area contributed by atoms with Crippen LogP contribution in [0.2, 0.25) is 5.02 Å². The fraction of sp³-hybridized carbons (Fsp3) is 0.167. The predicted molar refractivity (Wildman–Crippen MR) is 90.7 cm³/mol. The van der Waals surface area contributed by atoms with Crippen LogP contribution in [0, 0.1) is 20.8 Å². The Hall–Kier alpha value is -1.77. The van der Waals surface area contributed by atoms with E-state index in [1.165, 1.54) is 5.56 Å². The van der Waals surface area contributed by atoms with Crippen molar-refractivity contribution >= 4 is 33.9 Å². The Kier molecular flexibility index (Phi) is 4.94. The van der Waals surface area contributed by atoms with Gasteiger partial charge in [0.2, 0.25) is 0 Å². The highest BCUT2D eigenvalue weighted by molar-refractivity contribution is 6.31. The predicted octanol–water partition coefficient (Wildman–Crippen LogP) is 2.56. The summed E-state index contributed by atoms with van der Waals surface area (Å²) in [6.07, 6.45) is 0. The molecule has 2 aromatic carbocycles. The summed E-state index contributed by atoms with van der Waals surface area (Å²) in [5.74, 6) is 0. The molecule has 114 valence electrons. The van der Waals surface area contributed by atoms with Crippen LogP contribution in [0.4, 0.5) is 11.4 Å². The Bertz CT molecular complexity index is 829. The van der Waals surface area contributed by atoms with E-state index in [0.717, 1.165) is 38.6 Å². The number of hydrogen-bond acceptors (Lipinski definition) is 2. The van der Waals surface area contributed by atoms with Crippen LogP contribution in [0.1, 0.15) is 16.8 Å². The minimum Gasteiger partial charge on any atom is -1.00 e. The largest absolute Gasteiger partial charge is 1.00 e. The maximum absolute atomic E-state index is 6.20. The standard InChI is InChI=1S/C18H17ClN2.ClH/c1-11-6-4-7-14-17(10-12(2)20-18(11)14)21-16-9-5-8-15(19)13(16)3;/h4-10H,1-3H3,(H,20,21);1H/p-1. The minimum absolute atomic E-state index is 0. The third-order valence-electron chi connectivity index (χ3n) is 3.71. The van der Waals surface area contributed by atoms with Crippen LogP contribution in [0.15, 0.2) is 42.5 Å². The lowest BCUT2D eigenvalue weighted by Gasteiger charge is -2.14. The number of benzene rings is 2. The monoisotopic (exact) mass is 331 g/mol. The number of nitrogens with zero attached hydrogens (tertiary/aromatic N) is 1. The number of halogens is 2. The number of rotatable bonds is 2. The highest BCUT2D eigenvalue weighted by Crippen LogP contribution is 2.31. The number of nitrogens with one attached hydrogen (secondary N) is 1. The van der Waals surface area contributed by atoms with Crippen LogP contribution in [0.25, 0.3) is 10.9 Å². The molecule has 22 heavy (non-hydrogen) atoms. The van der Waals surface area contributed by atoms with Crippen molar-refractivity contribution in [3.8, 4) is 0 Å². The lowest BCUT2D eigenvalue weighted by atomic mass is 10.1. The fourth-order valence-corrected chi connectivity index (χ4v) is 2.69. The van der Waals surface area contributed by atoms with E-state index in [1.54, 1.807) is 0 Å². The SMILES string of the molecule is Cc1cc(Nc2cccc(Cl)c2C)c2cccc(C)c2n1.[Cl-]. The molecule has 0 aliphatic carbocycles. The molecule has 1 aromatic heterocycles. The van der Waals surface area contributed by atoms with Gasteiger partial charge in [-0.2, -0.15) is 0 Å². The van der Waals surface area contributed by atoms with E-state index in [2.05, 4.69) is 41.5 Å². The smallest absolute Gasteiger partial charge is 0.0755 e. The Balaban J connectivity index is 0.00000176. The molecule has 0 aliphatic rings. The molecule has 0 atom stereocenters. The zero-order chi connectivity index (χ0) is 15.0. The van der Waals surface area contributed by atoms with Gasteiger partial charge in [0, 0.05) is 27.5 Å². The van der Waals surface area contributed by atoms with Gasteiger partial charge in [0.25, 0.3) is 0 Å². The van der Waals surface area contributed by atoms with Crippen LogP contribution in [-0.4, -0.2) is 4.98 Å². The normalized spacial score (nSPS) is 10.4. The molecule has 3 rings (SSSR count). The van der Waals surface area contributed by atoms with Gasteiger partial charge in [-0.05, 0) is 50.1 Å². The van der Waals surface area contributed by atoms with E-state index in [0.29, 0.717) is 0 Å². The molecule has 2 nitrogen and oxygen atoms in total. The summed E-state index contributed by atoms with van der Waals surface area (Å²) in [4.78, 5) is 4.65. The first-order valence-electron chi connectivity index (χ1n) is 6.95. The van der Waals surface area contributed by atoms with Crippen molar-refractivity contribution in [3.63, 3.8) is 0 Å². The Morgan fingerprint density at radius 2 is 1.68 bits per heavy atom. The van der Waals surface area contributed by atoms with E-state index < -0.39 is 0 Å². The number of hydrogen-bond donors (Lipinski definition) is 1. The van der Waals surface area contributed by atoms with Gasteiger partial charge < -0.3 is 17.7 Å². The molecular formula is C18H17Cl2N2-. The Morgan fingerprint density at radius 3 is 2.45 bits per heavy atom. The molecule has 0 bridgehead atoms. The molecular weight excluding hydrogens is 315 g/mol. The zero-order valence-electron chi connectivity index (χ0n) is 12.7. The molecule has 1 heterocycles. The van der Waals surface area contributed by atoms with E-state index in [4.69, 9.17) is 11.6 Å². The van der Waals surface area contributed by atoms with Crippen molar-refractivity contribution in [2.75, 3.05) is 5.32 Å². The maximum atomic E-state index is 6.20. The van der Waals surface area contributed by atoms with Gasteiger partial charge in [0.1, 0.15) is 0 Å². The van der Waals surface area contributed by atoms with Crippen molar-refractivity contribution < 1.29 is 12.4 Å². The lowest BCUT2D eigenvalue weighted by molar-refractivity contribution is -0.00000432. The van der Waals surface area contributed by atoms with Crippen molar-refractivity contribution in [2.45, 2.75) is 20.8 Å². The molecule has 0 fully saturated rings. The summed E-state index contributed by atoms with van der Waals surface area (Å²) >= 11 is 6.20. The van der Waals surface area contributed by atoms with Crippen molar-refractivity contribution in [1.29, 1.82) is 0 Å². The number of pyridine rings is 1. The lowest BCUT2D eigenvalue weighted by Crippen LogP contribution is -3.00. The van der Waals surface area contributed by atoms with Crippen LogP contribution in [-0.2, 0) is 0 Å². The molecule has 0 saturated heterocycles. The third-order valence-corrected chi connectivity index (χ3v) is 4.12. The summed E-state index contributed by atoms with van der Waals surface area (Å²) in [6.45, 7) is 6.12. The van der Waals surface area contributed by atoms with E-state index >= 15 is 0 Å². The second-order valence-electron chi connectivity index (χ2n) is 5.32. The Labute approximate surface area is 141 Å². The second kappa shape index (κ2) is 6.55. The van der Waals surface area contributed by atoms with Gasteiger partial charge in [0.15, 0.2) is 0 Å². The molecule has 0 spiro atoms. The van der Waals surface area contributed by atoms with E-state index in [9.17, 15) is 0 Å². The molecule has 0 amide bonds. The summed E-state index contributed by atoms with van der Waals surface area (Å²) < 4.78 is 0. The highest BCUT2D eigenvalue weighted by Gasteiger charge is 2.08. The molecule has 4 heteroatoms. The van der Waals surface area contributed by atoms with Crippen LogP contribution in [0.5, 0.6) is 0 Å². The summed E-state index contributed by atoms with van der Waals surface area (Å²) in [6, 6.07) is 14.2. The molecule has 3 aromatic rings. The quantitative estimate of drug-likeness (QED) is 0.780. The molecule has 0 saturated carbocycles. The van der Waals surface area contributed by atoms with Gasteiger partial charge in [0.05, 0.1) is 5.52 Å². The topological polar surface area (TPSA) is 24.9 Å². The summed E-state index contributed by atoms with van der Waals surface area (Å²) in [7, 11) is 0. The number of anilines is 2. The van der Waals surface area contributed by atoms with Gasteiger partial charge in [-0.15, -0.1) is 0 Å². The minimum atomic E-state index is 0. The second-order valence-corrected chi connectivity index (χ2v) is 5.73. The first kappa shape index (κ1) is 16.6. The average molecular weight is 332 g/mol. The van der Waals surface area contributed by atoms with Gasteiger partial charge >= 0.3 is 0 Å². The van der Waals surface area contributed by atoms with E-state index in [-0.39, 0.29) is 12.4 Å². The first-order valence-corrected chi connectivity index (χ1v) is 7.33. The Morgan fingerprint density at radius 1 is 0.955 bits per heavy atom. The highest BCUT2D eigenvalue weighted by atomic mass is 35.5. The maximum Gasteiger partial charge on any atom is 0.0755 e. The number of fused-ring (bicyclic) bond motifs is 1. The van der Waals surface area contributed by atoms with Gasteiger partial charge in [-0.25, -0.2) is 0 Å². The molecule has 0 radical (unpaired) electrons. The zero-order valence-corrected chi connectivity index (χ0v) is 14.3. The number of para-hydroxylation sites is 1. The van der Waals surface area contributed by atoms with E-state index in [1.807, 2.05) is 32.0 Å².